The van der Waals surface area contributed by atoms with Crippen LogP contribution in [0.4, 0.5) is 0 Å². The molecule has 2 aromatic rings. The zero-order valence-electron chi connectivity index (χ0n) is 15.6. The van der Waals surface area contributed by atoms with Crippen molar-refractivity contribution in [1.29, 1.82) is 0 Å². The van der Waals surface area contributed by atoms with E-state index in [1.165, 1.54) is 24.0 Å². The van der Waals surface area contributed by atoms with E-state index in [2.05, 4.69) is 59.2 Å². The maximum Gasteiger partial charge on any atom is 0.104 e. The normalized spacial score (nSPS) is 26.7. The highest BCUT2D eigenvalue weighted by atomic mass is 16.3. The van der Waals surface area contributed by atoms with Gasteiger partial charge in [-0.1, -0.05) is 54.3 Å². The molecule has 0 unspecified atom stereocenters. The van der Waals surface area contributed by atoms with Crippen molar-refractivity contribution >= 4 is 0 Å². The summed E-state index contributed by atoms with van der Waals surface area (Å²) >= 11 is 0. The molecule has 3 nitrogen and oxygen atoms in total. The third-order valence-electron chi connectivity index (χ3n) is 6.34. The van der Waals surface area contributed by atoms with Gasteiger partial charge in [0.15, 0.2) is 0 Å². The molecule has 2 aliphatic heterocycles. The van der Waals surface area contributed by atoms with Crippen LogP contribution in [-0.4, -0.2) is 40.4 Å². The van der Waals surface area contributed by atoms with Crippen LogP contribution >= 0.6 is 0 Å². The van der Waals surface area contributed by atoms with E-state index in [0.717, 1.165) is 24.9 Å². The third-order valence-corrected chi connectivity index (χ3v) is 6.34. The predicted octanol–water partition coefficient (Wildman–Crippen LogP) is 2.99. The number of hydrogen-bond donors (Lipinski definition) is 2. The first-order valence-electron chi connectivity index (χ1n) is 9.83. The zero-order valence-corrected chi connectivity index (χ0v) is 15.6. The summed E-state index contributed by atoms with van der Waals surface area (Å²) < 4.78 is 0. The van der Waals surface area contributed by atoms with Gasteiger partial charge in [0.25, 0.3) is 0 Å². The quantitative estimate of drug-likeness (QED) is 0.805. The first-order valence-corrected chi connectivity index (χ1v) is 9.83. The van der Waals surface area contributed by atoms with Crippen molar-refractivity contribution in [2.45, 2.75) is 44.3 Å². The summed E-state index contributed by atoms with van der Waals surface area (Å²) in [5.74, 6) is 5.64. The molecule has 3 heteroatoms. The SMILES string of the molecule is OCC#Cc1ccc(CN2[C@H]3CC[C@@H]2[C@@](CO)(Cc2ccccc2)C3)cc1. The zero-order chi connectivity index (χ0) is 18.7. The highest BCUT2D eigenvalue weighted by Crippen LogP contribution is 2.51. The lowest BCUT2D eigenvalue weighted by molar-refractivity contribution is 0.0751. The standard InChI is InChI=1S/C24H27NO2/c26-14-4-7-19-8-10-21(11-9-19)17-25-22-12-13-23(25)24(16-22,18-27)15-20-5-2-1-3-6-20/h1-3,5-6,8-11,22-23,26-27H,12-18H2/t22-,23+,24-/m0/s1. The molecule has 140 valence electrons. The predicted molar refractivity (Wildman–Crippen MR) is 107 cm³/mol. The van der Waals surface area contributed by atoms with E-state index >= 15 is 0 Å². The molecule has 4 rings (SSSR count). The van der Waals surface area contributed by atoms with Gasteiger partial charge < -0.3 is 10.2 Å². The summed E-state index contributed by atoms with van der Waals surface area (Å²) in [6, 6.07) is 19.9. The van der Waals surface area contributed by atoms with Crippen LogP contribution in [0.15, 0.2) is 54.6 Å². The topological polar surface area (TPSA) is 43.7 Å². The number of rotatable bonds is 5. The largest absolute Gasteiger partial charge is 0.396 e. The van der Waals surface area contributed by atoms with E-state index in [9.17, 15) is 5.11 Å². The molecule has 3 atom stereocenters. The second-order valence-electron chi connectivity index (χ2n) is 7.96. The first kappa shape index (κ1) is 18.3. The van der Waals surface area contributed by atoms with Crippen LogP contribution in [0.3, 0.4) is 0 Å². The molecule has 0 radical (unpaired) electrons. The molecule has 0 aromatic heterocycles. The molecule has 2 fully saturated rings. The first-order chi connectivity index (χ1) is 13.2. The Bertz CT molecular complexity index is 821. The van der Waals surface area contributed by atoms with Gasteiger partial charge in [0, 0.05) is 29.6 Å². The highest BCUT2D eigenvalue weighted by molar-refractivity contribution is 5.36. The number of aliphatic hydroxyl groups is 2. The molecule has 2 saturated heterocycles. The van der Waals surface area contributed by atoms with Crippen LogP contribution in [0.5, 0.6) is 0 Å². The van der Waals surface area contributed by atoms with E-state index in [4.69, 9.17) is 5.11 Å². The summed E-state index contributed by atoms with van der Waals surface area (Å²) in [6.07, 6.45) is 4.46. The van der Waals surface area contributed by atoms with Gasteiger partial charge >= 0.3 is 0 Å². The minimum Gasteiger partial charge on any atom is -0.396 e. The van der Waals surface area contributed by atoms with Crippen molar-refractivity contribution in [1.82, 2.24) is 4.90 Å². The van der Waals surface area contributed by atoms with Gasteiger partial charge in [-0.05, 0) is 48.9 Å². The number of nitrogens with zero attached hydrogens (tertiary/aromatic N) is 1. The summed E-state index contributed by atoms with van der Waals surface area (Å²) in [6.45, 7) is 1.08. The Labute approximate surface area is 161 Å². The lowest BCUT2D eigenvalue weighted by Crippen LogP contribution is -2.41. The molecular formula is C24H27NO2. The van der Waals surface area contributed by atoms with Gasteiger partial charge in [-0.3, -0.25) is 4.90 Å². The van der Waals surface area contributed by atoms with E-state index in [-0.39, 0.29) is 18.6 Å². The molecular weight excluding hydrogens is 334 g/mol. The van der Waals surface area contributed by atoms with Gasteiger partial charge in [-0.25, -0.2) is 0 Å². The van der Waals surface area contributed by atoms with Crippen molar-refractivity contribution in [3.05, 3.63) is 71.3 Å². The molecule has 2 aliphatic rings. The van der Waals surface area contributed by atoms with Crippen LogP contribution in [0.1, 0.15) is 36.0 Å². The Morgan fingerprint density at radius 1 is 0.963 bits per heavy atom. The maximum absolute atomic E-state index is 10.3. The number of fused-ring (bicyclic) bond motifs is 2. The Morgan fingerprint density at radius 3 is 2.44 bits per heavy atom. The Hall–Kier alpha value is -2.12. The Balaban J connectivity index is 1.50. The summed E-state index contributed by atoms with van der Waals surface area (Å²) in [4.78, 5) is 2.62. The molecule has 0 aliphatic carbocycles. The average Bonchev–Trinajstić information content (AvgIpc) is 3.23. The second-order valence-corrected chi connectivity index (χ2v) is 7.96. The van der Waals surface area contributed by atoms with Crippen molar-refractivity contribution in [3.63, 3.8) is 0 Å². The van der Waals surface area contributed by atoms with Crippen molar-refractivity contribution < 1.29 is 10.2 Å². The summed E-state index contributed by atoms with van der Waals surface area (Å²) in [5, 5.41) is 19.2. The molecule has 2 aromatic carbocycles. The van der Waals surface area contributed by atoms with Crippen molar-refractivity contribution in [3.8, 4) is 11.8 Å². The van der Waals surface area contributed by atoms with Gasteiger partial charge in [-0.15, -0.1) is 0 Å². The van der Waals surface area contributed by atoms with Crippen LogP contribution in [0.2, 0.25) is 0 Å². The number of aliphatic hydroxyl groups excluding tert-OH is 2. The molecule has 2 N–H and O–H groups in total. The third kappa shape index (κ3) is 3.66. The van der Waals surface area contributed by atoms with E-state index in [0.29, 0.717) is 12.1 Å². The smallest absolute Gasteiger partial charge is 0.104 e. The fraction of sp³-hybridized carbons (Fsp3) is 0.417. The molecule has 0 amide bonds. The fourth-order valence-corrected chi connectivity index (χ4v) is 5.12. The lowest BCUT2D eigenvalue weighted by atomic mass is 9.70. The molecule has 0 saturated carbocycles. The minimum atomic E-state index is -0.108. The van der Waals surface area contributed by atoms with Gasteiger partial charge in [-0.2, -0.15) is 0 Å². The van der Waals surface area contributed by atoms with Crippen molar-refractivity contribution in [2.75, 3.05) is 13.2 Å². The van der Waals surface area contributed by atoms with E-state index < -0.39 is 0 Å². The van der Waals surface area contributed by atoms with Crippen LogP contribution in [0, 0.1) is 17.3 Å². The average molecular weight is 361 g/mol. The van der Waals surface area contributed by atoms with Crippen LogP contribution in [-0.2, 0) is 13.0 Å². The second kappa shape index (κ2) is 7.86. The van der Waals surface area contributed by atoms with E-state index in [1.54, 1.807) is 0 Å². The maximum atomic E-state index is 10.3. The minimum absolute atomic E-state index is 0.0171. The lowest BCUT2D eigenvalue weighted by Gasteiger charge is -2.36. The summed E-state index contributed by atoms with van der Waals surface area (Å²) in [7, 11) is 0. The van der Waals surface area contributed by atoms with Crippen LogP contribution in [0.25, 0.3) is 0 Å². The highest BCUT2D eigenvalue weighted by Gasteiger charge is 2.55. The molecule has 27 heavy (non-hydrogen) atoms. The Morgan fingerprint density at radius 2 is 1.74 bits per heavy atom. The Kier molecular flexibility index (Phi) is 5.31. The monoisotopic (exact) mass is 361 g/mol. The number of benzene rings is 2. The molecule has 0 spiro atoms. The molecule has 2 bridgehead atoms. The number of hydrogen-bond acceptors (Lipinski definition) is 3. The molecule has 2 heterocycles. The summed E-state index contributed by atoms with van der Waals surface area (Å²) in [5.41, 5.74) is 3.53. The van der Waals surface area contributed by atoms with Gasteiger partial charge in [0.05, 0.1) is 6.61 Å². The van der Waals surface area contributed by atoms with Gasteiger partial charge in [0.1, 0.15) is 6.61 Å². The van der Waals surface area contributed by atoms with E-state index in [1.807, 2.05) is 12.1 Å². The van der Waals surface area contributed by atoms with Crippen LogP contribution < -0.4 is 0 Å². The van der Waals surface area contributed by atoms with Gasteiger partial charge in [0.2, 0.25) is 0 Å². The van der Waals surface area contributed by atoms with Crippen molar-refractivity contribution in [2.24, 2.45) is 5.41 Å². The fourth-order valence-electron chi connectivity index (χ4n) is 5.12.